The highest BCUT2D eigenvalue weighted by Crippen LogP contribution is 2.17. The average Bonchev–Trinajstić information content (AvgIpc) is 2.67. The van der Waals surface area contributed by atoms with Gasteiger partial charge >= 0.3 is 5.97 Å². The number of aromatic nitrogens is 4. The van der Waals surface area contributed by atoms with Gasteiger partial charge in [0, 0.05) is 5.39 Å². The van der Waals surface area contributed by atoms with Gasteiger partial charge < -0.3 is 10.1 Å². The van der Waals surface area contributed by atoms with Crippen LogP contribution in [0.25, 0.3) is 21.7 Å². The van der Waals surface area contributed by atoms with E-state index in [-0.39, 0.29) is 27.9 Å². The molecule has 0 aliphatic heterocycles. The molecular weight excluding hydrogens is 348 g/mol. The third-order valence-corrected chi connectivity index (χ3v) is 4.42. The summed E-state index contributed by atoms with van der Waals surface area (Å²) in [4.78, 5) is 43.8. The quantitative estimate of drug-likeness (QED) is 0.575. The predicted octanol–water partition coefficient (Wildman–Crippen LogP) is 1.94. The van der Waals surface area contributed by atoms with Gasteiger partial charge in [0.2, 0.25) is 0 Å². The Morgan fingerprint density at radius 2 is 1.67 bits per heavy atom. The maximum atomic E-state index is 12.9. The van der Waals surface area contributed by atoms with E-state index in [2.05, 4.69) is 15.1 Å². The molecule has 0 radical (unpaired) electrons. The molecule has 2 heterocycles. The van der Waals surface area contributed by atoms with Crippen molar-refractivity contribution in [1.82, 2.24) is 19.7 Å². The van der Waals surface area contributed by atoms with Crippen molar-refractivity contribution >= 4 is 27.6 Å². The lowest BCUT2D eigenvalue weighted by molar-refractivity contribution is 0.0689. The third-order valence-electron chi connectivity index (χ3n) is 4.42. The van der Waals surface area contributed by atoms with Crippen molar-refractivity contribution in [2.45, 2.75) is 13.0 Å². The van der Waals surface area contributed by atoms with Crippen molar-refractivity contribution in [2.24, 2.45) is 0 Å². The molecule has 8 heteroatoms. The number of aromatic carboxylic acids is 1. The lowest BCUT2D eigenvalue weighted by atomic mass is 10.1. The SMILES string of the molecule is CC(c1nc2ccccc2c(=O)[nH]1)n1nc(C(=O)O)c2ccccc2c1=O. The highest BCUT2D eigenvalue weighted by Gasteiger charge is 2.21. The van der Waals surface area contributed by atoms with Crippen molar-refractivity contribution in [1.29, 1.82) is 0 Å². The van der Waals surface area contributed by atoms with E-state index in [1.807, 2.05) is 0 Å². The Hall–Kier alpha value is -3.81. The summed E-state index contributed by atoms with van der Waals surface area (Å²) in [6, 6.07) is 12.5. The van der Waals surface area contributed by atoms with E-state index >= 15 is 0 Å². The van der Waals surface area contributed by atoms with E-state index in [0.29, 0.717) is 10.9 Å². The number of carboxylic acids is 1. The number of H-pyrrole nitrogens is 1. The maximum Gasteiger partial charge on any atom is 0.357 e. The van der Waals surface area contributed by atoms with Crippen LogP contribution in [0.5, 0.6) is 0 Å². The normalized spacial score (nSPS) is 12.3. The van der Waals surface area contributed by atoms with Crippen LogP contribution in [0.4, 0.5) is 0 Å². The van der Waals surface area contributed by atoms with Gasteiger partial charge in [-0.25, -0.2) is 14.5 Å². The molecule has 4 rings (SSSR count). The smallest absolute Gasteiger partial charge is 0.357 e. The van der Waals surface area contributed by atoms with Gasteiger partial charge in [0.25, 0.3) is 11.1 Å². The molecule has 1 unspecified atom stereocenters. The number of nitrogens with one attached hydrogen (secondary N) is 1. The zero-order valence-corrected chi connectivity index (χ0v) is 14.2. The van der Waals surface area contributed by atoms with Crippen molar-refractivity contribution in [3.8, 4) is 0 Å². The molecular formula is C19H14N4O4. The number of para-hydroxylation sites is 1. The number of hydrogen-bond acceptors (Lipinski definition) is 5. The fourth-order valence-corrected chi connectivity index (χ4v) is 3.05. The van der Waals surface area contributed by atoms with Crippen LogP contribution in [0.1, 0.15) is 29.3 Å². The maximum absolute atomic E-state index is 12.9. The Kier molecular flexibility index (Phi) is 3.80. The highest BCUT2D eigenvalue weighted by molar-refractivity contribution is 6.01. The Morgan fingerprint density at radius 1 is 1.04 bits per heavy atom. The van der Waals surface area contributed by atoms with Gasteiger partial charge in [0.15, 0.2) is 5.69 Å². The minimum atomic E-state index is -1.24. The number of hydrogen-bond donors (Lipinski definition) is 2. The minimum absolute atomic E-state index is 0.222. The second kappa shape index (κ2) is 6.17. The molecule has 0 bridgehead atoms. The molecule has 27 heavy (non-hydrogen) atoms. The molecule has 0 saturated heterocycles. The second-order valence-electron chi connectivity index (χ2n) is 6.09. The van der Waals surface area contributed by atoms with Gasteiger partial charge in [-0.05, 0) is 25.1 Å². The molecule has 1 atom stereocenters. The Bertz CT molecular complexity index is 1320. The fourth-order valence-electron chi connectivity index (χ4n) is 3.05. The van der Waals surface area contributed by atoms with E-state index in [1.165, 1.54) is 0 Å². The molecule has 0 fully saturated rings. The zero-order chi connectivity index (χ0) is 19.1. The molecule has 0 spiro atoms. The van der Waals surface area contributed by atoms with Crippen molar-refractivity contribution in [3.05, 3.63) is 80.8 Å². The molecule has 2 aromatic heterocycles. The van der Waals surface area contributed by atoms with Crippen LogP contribution in [0.15, 0.2) is 58.1 Å². The summed E-state index contributed by atoms with van der Waals surface area (Å²) in [7, 11) is 0. The van der Waals surface area contributed by atoms with Crippen molar-refractivity contribution < 1.29 is 9.90 Å². The number of carboxylic acid groups (broad SMARTS) is 1. The van der Waals surface area contributed by atoms with Gasteiger partial charge in [-0.3, -0.25) is 9.59 Å². The number of benzene rings is 2. The molecule has 0 amide bonds. The Labute approximate surface area is 151 Å². The van der Waals surface area contributed by atoms with Gasteiger partial charge in [0.05, 0.1) is 16.3 Å². The molecule has 0 aliphatic carbocycles. The van der Waals surface area contributed by atoms with Crippen LogP contribution in [0.3, 0.4) is 0 Å². The first-order valence-corrected chi connectivity index (χ1v) is 8.21. The van der Waals surface area contributed by atoms with Crippen LogP contribution in [-0.2, 0) is 0 Å². The van der Waals surface area contributed by atoms with Crippen LogP contribution in [0, 0.1) is 0 Å². The number of carbonyl (C=O) groups is 1. The van der Waals surface area contributed by atoms with Gasteiger partial charge in [0.1, 0.15) is 11.9 Å². The summed E-state index contributed by atoms with van der Waals surface area (Å²) in [5.74, 6) is -1.02. The van der Waals surface area contributed by atoms with Crippen LogP contribution in [0.2, 0.25) is 0 Å². The highest BCUT2D eigenvalue weighted by atomic mass is 16.4. The standard InChI is InChI=1S/C19H14N4O4/c1-10(16-20-14-9-5-4-8-13(14)17(24)21-16)23-18(25)12-7-3-2-6-11(12)15(22-23)19(26)27/h2-10H,1H3,(H,26,27)(H,20,21,24). The van der Waals surface area contributed by atoms with E-state index in [1.54, 1.807) is 55.5 Å². The third kappa shape index (κ3) is 2.67. The second-order valence-corrected chi connectivity index (χ2v) is 6.09. The first kappa shape index (κ1) is 16.6. The first-order valence-electron chi connectivity index (χ1n) is 8.21. The summed E-state index contributed by atoms with van der Waals surface area (Å²) in [5.41, 5.74) is -0.552. The number of nitrogens with zero attached hydrogens (tertiary/aromatic N) is 3. The molecule has 2 aromatic carbocycles. The summed E-state index contributed by atoms with van der Waals surface area (Å²) in [5, 5.41) is 14.4. The lowest BCUT2D eigenvalue weighted by Crippen LogP contribution is -2.31. The monoisotopic (exact) mass is 362 g/mol. The fraction of sp³-hybridized carbons (Fsp3) is 0.105. The Balaban J connectivity index is 1.97. The van der Waals surface area contributed by atoms with Crippen LogP contribution in [-0.4, -0.2) is 30.8 Å². The molecule has 0 saturated carbocycles. The van der Waals surface area contributed by atoms with Gasteiger partial charge in [-0.15, -0.1) is 0 Å². The number of fused-ring (bicyclic) bond motifs is 2. The number of aromatic amines is 1. The van der Waals surface area contributed by atoms with E-state index in [9.17, 15) is 19.5 Å². The van der Waals surface area contributed by atoms with E-state index < -0.39 is 17.6 Å². The lowest BCUT2D eigenvalue weighted by Gasteiger charge is -2.15. The topological polar surface area (TPSA) is 118 Å². The van der Waals surface area contributed by atoms with Gasteiger partial charge in [-0.2, -0.15) is 5.10 Å². The summed E-state index contributed by atoms with van der Waals surface area (Å²) < 4.78 is 1.04. The summed E-state index contributed by atoms with van der Waals surface area (Å²) >= 11 is 0. The van der Waals surface area contributed by atoms with E-state index in [4.69, 9.17) is 0 Å². The van der Waals surface area contributed by atoms with Crippen LogP contribution >= 0.6 is 0 Å². The number of rotatable bonds is 3. The van der Waals surface area contributed by atoms with E-state index in [0.717, 1.165) is 4.68 Å². The molecule has 2 N–H and O–H groups in total. The summed E-state index contributed by atoms with van der Waals surface area (Å²) in [6.45, 7) is 1.63. The molecule has 4 aromatic rings. The Morgan fingerprint density at radius 3 is 2.37 bits per heavy atom. The molecule has 0 aliphatic rings. The van der Waals surface area contributed by atoms with Crippen LogP contribution < -0.4 is 11.1 Å². The van der Waals surface area contributed by atoms with Crippen molar-refractivity contribution in [3.63, 3.8) is 0 Å². The van der Waals surface area contributed by atoms with Crippen molar-refractivity contribution in [2.75, 3.05) is 0 Å². The predicted molar refractivity (Wildman–Crippen MR) is 99.1 cm³/mol. The average molecular weight is 362 g/mol. The summed E-state index contributed by atoms with van der Waals surface area (Å²) in [6.07, 6.45) is 0. The van der Waals surface area contributed by atoms with Gasteiger partial charge in [-0.1, -0.05) is 30.3 Å². The largest absolute Gasteiger partial charge is 0.476 e. The first-order chi connectivity index (χ1) is 13.0. The minimum Gasteiger partial charge on any atom is -0.476 e. The molecule has 134 valence electrons. The molecule has 8 nitrogen and oxygen atoms in total. The zero-order valence-electron chi connectivity index (χ0n) is 14.2.